The normalized spacial score (nSPS) is 10.4. The summed E-state index contributed by atoms with van der Waals surface area (Å²) < 4.78 is 39.0. The molecule has 0 bridgehead atoms. The molecule has 1 heterocycles. The average Bonchev–Trinajstić information content (AvgIpc) is 2.28. The molecule has 0 fully saturated rings. The maximum atomic E-state index is 13.3. The number of halogens is 4. The molecule has 0 unspecified atom stereocenters. The predicted molar refractivity (Wildman–Crippen MR) is 56.6 cm³/mol. The fourth-order valence-electron chi connectivity index (χ4n) is 1.17. The summed E-state index contributed by atoms with van der Waals surface area (Å²) in [5, 5.41) is 9.61. The third kappa shape index (κ3) is 2.65. The molecule has 0 spiro atoms. The van der Waals surface area contributed by atoms with Crippen molar-refractivity contribution in [3.8, 4) is 0 Å². The van der Waals surface area contributed by atoms with Crippen molar-refractivity contribution in [2.24, 2.45) is 0 Å². The summed E-state index contributed by atoms with van der Waals surface area (Å²) in [5.74, 6) is -3.25. The van der Waals surface area contributed by atoms with E-state index in [-0.39, 0.29) is 16.7 Å². The van der Waals surface area contributed by atoms with Crippen LogP contribution in [0.1, 0.15) is 0 Å². The highest BCUT2D eigenvalue weighted by atomic mass is 35.5. The number of nitrogens with one attached hydrogen (secondary N) is 1. The third-order valence-corrected chi connectivity index (χ3v) is 2.09. The maximum Gasteiger partial charge on any atom is 0.182 e. The Morgan fingerprint density at radius 1 is 1.06 bits per heavy atom. The van der Waals surface area contributed by atoms with Gasteiger partial charge in [0.25, 0.3) is 0 Å². The zero-order valence-corrected chi connectivity index (χ0v) is 8.97. The van der Waals surface area contributed by atoms with Crippen molar-refractivity contribution < 1.29 is 13.2 Å². The summed E-state index contributed by atoms with van der Waals surface area (Å²) in [6.07, 6.45) is 0. The van der Waals surface area contributed by atoms with E-state index in [4.69, 9.17) is 11.6 Å². The van der Waals surface area contributed by atoms with Crippen LogP contribution in [0.5, 0.6) is 0 Å². The van der Waals surface area contributed by atoms with Gasteiger partial charge >= 0.3 is 0 Å². The summed E-state index contributed by atoms with van der Waals surface area (Å²) in [6.45, 7) is 0. The van der Waals surface area contributed by atoms with Crippen LogP contribution in [0.3, 0.4) is 0 Å². The van der Waals surface area contributed by atoms with E-state index in [1.54, 1.807) is 0 Å². The molecule has 2 rings (SSSR count). The van der Waals surface area contributed by atoms with Gasteiger partial charge in [0.15, 0.2) is 22.6 Å². The molecule has 0 aliphatic carbocycles. The number of aromatic nitrogens is 2. The van der Waals surface area contributed by atoms with E-state index in [0.29, 0.717) is 6.07 Å². The fourth-order valence-corrected chi connectivity index (χ4v) is 1.27. The topological polar surface area (TPSA) is 37.8 Å². The number of benzene rings is 1. The van der Waals surface area contributed by atoms with Crippen LogP contribution in [0.15, 0.2) is 24.3 Å². The van der Waals surface area contributed by atoms with E-state index in [9.17, 15) is 13.2 Å². The molecule has 17 heavy (non-hydrogen) atoms. The molecular weight excluding hydrogens is 255 g/mol. The van der Waals surface area contributed by atoms with E-state index in [1.807, 2.05) is 0 Å². The third-order valence-electron chi connectivity index (χ3n) is 1.89. The second-order valence-corrected chi connectivity index (χ2v) is 3.50. The zero-order chi connectivity index (χ0) is 12.4. The molecule has 2 aromatic rings. The summed E-state index contributed by atoms with van der Waals surface area (Å²) in [6, 6.07) is 4.07. The van der Waals surface area contributed by atoms with Crippen LogP contribution in [-0.2, 0) is 0 Å². The first-order valence-electron chi connectivity index (χ1n) is 4.47. The first-order valence-corrected chi connectivity index (χ1v) is 4.85. The molecule has 7 heteroatoms. The van der Waals surface area contributed by atoms with Crippen molar-refractivity contribution in [1.82, 2.24) is 10.2 Å². The summed E-state index contributed by atoms with van der Waals surface area (Å²) in [5.41, 5.74) is -0.362. The maximum absolute atomic E-state index is 13.3. The summed E-state index contributed by atoms with van der Waals surface area (Å²) in [4.78, 5) is 0. The van der Waals surface area contributed by atoms with Gasteiger partial charge in [-0.3, -0.25) is 0 Å². The second kappa shape index (κ2) is 4.58. The Bertz CT molecular complexity index is 545. The Morgan fingerprint density at radius 2 is 1.82 bits per heavy atom. The number of anilines is 2. The fraction of sp³-hybridized carbons (Fsp3) is 0. The van der Waals surface area contributed by atoms with Crippen molar-refractivity contribution in [3.63, 3.8) is 0 Å². The molecule has 0 aliphatic rings. The highest BCUT2D eigenvalue weighted by Gasteiger charge is 2.11. The lowest BCUT2D eigenvalue weighted by Gasteiger charge is -2.06. The zero-order valence-electron chi connectivity index (χ0n) is 8.22. The minimum atomic E-state index is -1.28. The van der Waals surface area contributed by atoms with Crippen molar-refractivity contribution in [1.29, 1.82) is 0 Å². The van der Waals surface area contributed by atoms with Gasteiger partial charge in [0.1, 0.15) is 5.82 Å². The molecule has 3 nitrogen and oxygen atoms in total. The Balaban J connectivity index is 2.32. The van der Waals surface area contributed by atoms with Gasteiger partial charge in [-0.25, -0.2) is 13.2 Å². The van der Waals surface area contributed by atoms with E-state index < -0.39 is 17.5 Å². The number of hydrogen-bond donors (Lipinski definition) is 1. The largest absolute Gasteiger partial charge is 0.336 e. The van der Waals surface area contributed by atoms with Crippen molar-refractivity contribution in [3.05, 3.63) is 46.9 Å². The number of hydrogen-bond acceptors (Lipinski definition) is 3. The number of rotatable bonds is 2. The summed E-state index contributed by atoms with van der Waals surface area (Å²) >= 11 is 5.50. The van der Waals surface area contributed by atoms with Crippen molar-refractivity contribution >= 4 is 23.1 Å². The lowest BCUT2D eigenvalue weighted by Crippen LogP contribution is -2.00. The van der Waals surface area contributed by atoms with E-state index in [1.165, 1.54) is 12.1 Å². The van der Waals surface area contributed by atoms with Crippen LogP contribution in [0.4, 0.5) is 24.7 Å². The van der Waals surface area contributed by atoms with Gasteiger partial charge in [0.2, 0.25) is 0 Å². The average molecular weight is 260 g/mol. The van der Waals surface area contributed by atoms with Crippen LogP contribution in [0.2, 0.25) is 5.15 Å². The Labute approximate surface area is 99.2 Å². The van der Waals surface area contributed by atoms with Crippen LogP contribution in [0, 0.1) is 17.5 Å². The predicted octanol–water partition coefficient (Wildman–Crippen LogP) is 3.29. The molecule has 1 aromatic heterocycles. The summed E-state index contributed by atoms with van der Waals surface area (Å²) in [7, 11) is 0. The van der Waals surface area contributed by atoms with Crippen molar-refractivity contribution in [2.75, 3.05) is 5.32 Å². The van der Waals surface area contributed by atoms with Gasteiger partial charge in [-0.1, -0.05) is 11.6 Å². The molecular formula is C10H5ClF3N3. The van der Waals surface area contributed by atoms with Crippen LogP contribution < -0.4 is 5.32 Å². The van der Waals surface area contributed by atoms with Gasteiger partial charge in [-0.05, 0) is 12.1 Å². The smallest absolute Gasteiger partial charge is 0.182 e. The highest BCUT2D eigenvalue weighted by Crippen LogP contribution is 2.22. The molecule has 0 aliphatic heterocycles. The van der Waals surface area contributed by atoms with Crippen LogP contribution in [0.25, 0.3) is 0 Å². The van der Waals surface area contributed by atoms with Gasteiger partial charge in [-0.2, -0.15) is 0 Å². The number of nitrogens with zero attached hydrogens (tertiary/aromatic N) is 2. The Morgan fingerprint density at radius 3 is 2.47 bits per heavy atom. The molecule has 1 N–H and O–H groups in total. The van der Waals surface area contributed by atoms with Gasteiger partial charge in [-0.15, -0.1) is 10.2 Å². The first kappa shape index (κ1) is 11.7. The molecule has 0 atom stereocenters. The molecule has 0 saturated carbocycles. The standard InChI is InChI=1S/C10H5ClF3N3/c11-8-1-2-9(17-16-8)15-7-4-5(12)3-6(13)10(7)14/h1-4H,(H,15,17). The van der Waals surface area contributed by atoms with E-state index >= 15 is 0 Å². The van der Waals surface area contributed by atoms with E-state index in [0.717, 1.165) is 6.07 Å². The monoisotopic (exact) mass is 259 g/mol. The quantitative estimate of drug-likeness (QED) is 0.841. The van der Waals surface area contributed by atoms with Crippen molar-refractivity contribution in [2.45, 2.75) is 0 Å². The molecule has 0 radical (unpaired) electrons. The Kier molecular flexibility index (Phi) is 3.14. The first-order chi connectivity index (χ1) is 8.06. The van der Waals surface area contributed by atoms with Gasteiger partial charge in [0.05, 0.1) is 5.69 Å². The minimum absolute atomic E-state index is 0.123. The lowest BCUT2D eigenvalue weighted by molar-refractivity contribution is 0.498. The molecule has 88 valence electrons. The minimum Gasteiger partial charge on any atom is -0.336 e. The van der Waals surface area contributed by atoms with E-state index in [2.05, 4.69) is 15.5 Å². The second-order valence-electron chi connectivity index (χ2n) is 3.12. The molecule has 1 aromatic carbocycles. The van der Waals surface area contributed by atoms with Gasteiger partial charge < -0.3 is 5.32 Å². The SMILES string of the molecule is Fc1cc(F)c(F)c(Nc2ccc(Cl)nn2)c1. The lowest BCUT2D eigenvalue weighted by atomic mass is 10.3. The highest BCUT2D eigenvalue weighted by molar-refractivity contribution is 6.29. The molecule has 0 amide bonds. The van der Waals surface area contributed by atoms with Crippen LogP contribution >= 0.6 is 11.6 Å². The van der Waals surface area contributed by atoms with Gasteiger partial charge in [0, 0.05) is 12.1 Å². The Hall–Kier alpha value is -1.82. The van der Waals surface area contributed by atoms with Crippen LogP contribution in [-0.4, -0.2) is 10.2 Å². The molecule has 0 saturated heterocycles.